The molecule has 1 aromatic rings. The molecule has 1 heterocycles. The van der Waals surface area contributed by atoms with Crippen molar-refractivity contribution in [1.29, 1.82) is 0 Å². The van der Waals surface area contributed by atoms with Crippen molar-refractivity contribution in [2.24, 2.45) is 13.0 Å². The van der Waals surface area contributed by atoms with Gasteiger partial charge in [-0.05, 0) is 24.8 Å². The zero-order valence-electron chi connectivity index (χ0n) is 11.6. The molecule has 2 N–H and O–H groups in total. The quantitative estimate of drug-likeness (QED) is 0.798. The average Bonchev–Trinajstić information content (AvgIpc) is 2.66. The number of carbonyl (C=O) groups is 1. The van der Waals surface area contributed by atoms with Gasteiger partial charge in [0.25, 0.3) is 5.91 Å². The molecule has 5 heteroatoms. The molecule has 0 aromatic carbocycles. The van der Waals surface area contributed by atoms with Crippen molar-refractivity contribution in [3.8, 4) is 0 Å². The summed E-state index contributed by atoms with van der Waals surface area (Å²) >= 11 is 0. The molecule has 0 aliphatic rings. The van der Waals surface area contributed by atoms with Crippen molar-refractivity contribution in [3.63, 3.8) is 0 Å². The number of amides is 1. The first-order valence-electron chi connectivity index (χ1n) is 6.43. The van der Waals surface area contributed by atoms with Crippen LogP contribution in [0, 0.1) is 5.92 Å². The number of hydrogen-bond donors (Lipinski definition) is 2. The minimum absolute atomic E-state index is 0.187. The monoisotopic (exact) mass is 253 g/mol. The smallest absolute Gasteiger partial charge is 0.269 e. The lowest BCUT2D eigenvalue weighted by Gasteiger charge is -2.13. The Morgan fingerprint density at radius 3 is 2.72 bits per heavy atom. The Hall–Kier alpha value is -1.36. The van der Waals surface area contributed by atoms with E-state index in [1.165, 1.54) is 0 Å². The number of aliphatic hydroxyl groups is 1. The zero-order valence-corrected chi connectivity index (χ0v) is 11.6. The number of nitrogens with zero attached hydrogens (tertiary/aromatic N) is 2. The number of nitrogens with one attached hydrogen (secondary N) is 1. The van der Waals surface area contributed by atoms with Crippen LogP contribution < -0.4 is 5.32 Å². The number of aromatic nitrogens is 2. The molecule has 1 atom stereocenters. The van der Waals surface area contributed by atoms with Crippen LogP contribution in [0.3, 0.4) is 0 Å². The van der Waals surface area contributed by atoms with Gasteiger partial charge in [0.05, 0.1) is 11.8 Å². The van der Waals surface area contributed by atoms with Gasteiger partial charge in [0.2, 0.25) is 0 Å². The molecule has 0 aliphatic heterocycles. The Labute approximate surface area is 108 Å². The molecule has 102 valence electrons. The fourth-order valence-corrected chi connectivity index (χ4v) is 1.84. The summed E-state index contributed by atoms with van der Waals surface area (Å²) in [5, 5.41) is 16.7. The number of aliphatic hydroxyl groups excluding tert-OH is 1. The van der Waals surface area contributed by atoms with Crippen molar-refractivity contribution in [1.82, 2.24) is 15.1 Å². The Morgan fingerprint density at radius 2 is 2.22 bits per heavy atom. The van der Waals surface area contributed by atoms with Crippen LogP contribution in [0.25, 0.3) is 0 Å². The van der Waals surface area contributed by atoms with Crippen LogP contribution in [0.5, 0.6) is 0 Å². The second-order valence-corrected chi connectivity index (χ2v) is 4.99. The van der Waals surface area contributed by atoms with Gasteiger partial charge in [0, 0.05) is 13.6 Å². The molecular weight excluding hydrogens is 230 g/mol. The third-order valence-electron chi connectivity index (χ3n) is 2.77. The van der Waals surface area contributed by atoms with Crippen molar-refractivity contribution >= 4 is 5.91 Å². The lowest BCUT2D eigenvalue weighted by molar-refractivity contribution is 0.0891. The largest absolute Gasteiger partial charge is 0.391 e. The molecule has 1 amide bonds. The molecule has 5 nitrogen and oxygen atoms in total. The molecule has 1 aromatic heterocycles. The van der Waals surface area contributed by atoms with Gasteiger partial charge in [-0.15, -0.1) is 0 Å². The molecule has 0 saturated heterocycles. The summed E-state index contributed by atoms with van der Waals surface area (Å²) in [5.41, 5.74) is 1.42. The van der Waals surface area contributed by atoms with E-state index < -0.39 is 6.10 Å². The maximum atomic E-state index is 11.9. The molecule has 0 radical (unpaired) electrons. The van der Waals surface area contributed by atoms with Gasteiger partial charge in [-0.25, -0.2) is 0 Å². The van der Waals surface area contributed by atoms with E-state index in [1.807, 2.05) is 20.8 Å². The van der Waals surface area contributed by atoms with Crippen LogP contribution in [0.15, 0.2) is 6.07 Å². The number of aryl methyl sites for hydroxylation is 2. The predicted octanol–water partition coefficient (Wildman–Crippen LogP) is 1.12. The summed E-state index contributed by atoms with van der Waals surface area (Å²) in [6.07, 6.45) is 0.996. The van der Waals surface area contributed by atoms with Crippen LogP contribution in [-0.4, -0.2) is 33.4 Å². The second-order valence-electron chi connectivity index (χ2n) is 4.99. The summed E-state index contributed by atoms with van der Waals surface area (Å²) in [6.45, 7) is 6.36. The van der Waals surface area contributed by atoms with E-state index in [0.29, 0.717) is 18.0 Å². The summed E-state index contributed by atoms with van der Waals surface area (Å²) in [7, 11) is 1.75. The second kappa shape index (κ2) is 6.54. The van der Waals surface area contributed by atoms with Crippen LogP contribution in [0.1, 0.15) is 43.4 Å². The highest BCUT2D eigenvalue weighted by Gasteiger charge is 2.14. The van der Waals surface area contributed by atoms with Crippen molar-refractivity contribution < 1.29 is 9.90 Å². The van der Waals surface area contributed by atoms with E-state index >= 15 is 0 Å². The van der Waals surface area contributed by atoms with Gasteiger partial charge in [-0.1, -0.05) is 20.8 Å². The van der Waals surface area contributed by atoms with Gasteiger partial charge < -0.3 is 10.4 Å². The van der Waals surface area contributed by atoms with Gasteiger partial charge in [0.15, 0.2) is 0 Å². The van der Waals surface area contributed by atoms with Crippen LogP contribution in [-0.2, 0) is 13.5 Å². The standard InChI is InChI=1S/C13H23N3O2/c1-5-10-7-12(16(4)15-10)13(18)14-8-11(17)6-9(2)3/h7,9,11,17H,5-6,8H2,1-4H3,(H,14,18). The molecule has 0 spiro atoms. The minimum atomic E-state index is -0.493. The fourth-order valence-electron chi connectivity index (χ4n) is 1.84. The SMILES string of the molecule is CCc1cc(C(=O)NCC(O)CC(C)C)n(C)n1. The van der Waals surface area contributed by atoms with Crippen molar-refractivity contribution in [3.05, 3.63) is 17.5 Å². The molecule has 1 rings (SSSR count). The normalized spacial score (nSPS) is 12.8. The molecule has 18 heavy (non-hydrogen) atoms. The number of carbonyl (C=O) groups excluding carboxylic acids is 1. The van der Waals surface area contributed by atoms with E-state index in [0.717, 1.165) is 12.1 Å². The van der Waals surface area contributed by atoms with Crippen molar-refractivity contribution in [2.75, 3.05) is 6.54 Å². The maximum absolute atomic E-state index is 11.9. The minimum Gasteiger partial charge on any atom is -0.391 e. The molecule has 0 bridgehead atoms. The third-order valence-corrected chi connectivity index (χ3v) is 2.77. The summed E-state index contributed by atoms with van der Waals surface area (Å²) < 4.78 is 1.57. The summed E-state index contributed by atoms with van der Waals surface area (Å²) in [6, 6.07) is 1.78. The molecular formula is C13H23N3O2. The highest BCUT2D eigenvalue weighted by Crippen LogP contribution is 2.05. The number of hydrogen-bond acceptors (Lipinski definition) is 3. The van der Waals surface area contributed by atoms with Gasteiger partial charge >= 0.3 is 0 Å². The average molecular weight is 253 g/mol. The summed E-state index contributed by atoms with van der Waals surface area (Å²) in [5.74, 6) is 0.229. The fraction of sp³-hybridized carbons (Fsp3) is 0.692. The first kappa shape index (κ1) is 14.7. The van der Waals surface area contributed by atoms with E-state index in [4.69, 9.17) is 0 Å². The molecule has 0 saturated carbocycles. The van der Waals surface area contributed by atoms with E-state index in [2.05, 4.69) is 10.4 Å². The lowest BCUT2D eigenvalue weighted by atomic mass is 10.1. The lowest BCUT2D eigenvalue weighted by Crippen LogP contribution is -2.33. The number of rotatable bonds is 6. The first-order valence-corrected chi connectivity index (χ1v) is 6.43. The third kappa shape index (κ3) is 4.14. The van der Waals surface area contributed by atoms with E-state index in [1.54, 1.807) is 17.8 Å². The molecule has 0 aliphatic carbocycles. The van der Waals surface area contributed by atoms with Crippen molar-refractivity contribution in [2.45, 2.75) is 39.7 Å². The molecule has 1 unspecified atom stereocenters. The van der Waals surface area contributed by atoms with Gasteiger partial charge in [-0.3, -0.25) is 9.48 Å². The summed E-state index contributed by atoms with van der Waals surface area (Å²) in [4.78, 5) is 11.9. The van der Waals surface area contributed by atoms with Crippen LogP contribution >= 0.6 is 0 Å². The van der Waals surface area contributed by atoms with Gasteiger partial charge in [-0.2, -0.15) is 5.10 Å². The maximum Gasteiger partial charge on any atom is 0.269 e. The van der Waals surface area contributed by atoms with Crippen LogP contribution in [0.2, 0.25) is 0 Å². The first-order chi connectivity index (χ1) is 8.43. The van der Waals surface area contributed by atoms with Crippen LogP contribution in [0.4, 0.5) is 0 Å². The Bertz CT molecular complexity index is 399. The topological polar surface area (TPSA) is 67.2 Å². The zero-order chi connectivity index (χ0) is 13.7. The highest BCUT2D eigenvalue weighted by atomic mass is 16.3. The Balaban J connectivity index is 2.52. The van der Waals surface area contributed by atoms with Gasteiger partial charge in [0.1, 0.15) is 5.69 Å². The van der Waals surface area contributed by atoms with E-state index in [9.17, 15) is 9.90 Å². The Kier molecular flexibility index (Phi) is 5.34. The Morgan fingerprint density at radius 1 is 1.56 bits per heavy atom. The predicted molar refractivity (Wildman–Crippen MR) is 70.4 cm³/mol. The van der Waals surface area contributed by atoms with E-state index in [-0.39, 0.29) is 12.5 Å². The highest BCUT2D eigenvalue weighted by molar-refractivity contribution is 5.92. The molecule has 0 fully saturated rings.